The molecule has 0 radical (unpaired) electrons. The Hall–Kier alpha value is -2.72. The van der Waals surface area contributed by atoms with Gasteiger partial charge in [-0.2, -0.15) is 13.1 Å². The third-order valence-electron chi connectivity index (χ3n) is 5.04. The van der Waals surface area contributed by atoms with Gasteiger partial charge in [0, 0.05) is 38.1 Å². The van der Waals surface area contributed by atoms with Crippen LogP contribution in [0.1, 0.15) is 5.69 Å². The average Bonchev–Trinajstić information content (AvgIpc) is 3.37. The predicted molar refractivity (Wildman–Crippen MR) is 99.9 cm³/mol. The maximum Gasteiger partial charge on any atom is 0.387 e. The number of carbonyl (C=O) groups excluding carboxylic acids is 1. The number of hydrogen-bond acceptors (Lipinski definition) is 4. The number of alkyl halides is 2. The fraction of sp³-hybridized carbons (Fsp3) is 0.316. The Morgan fingerprint density at radius 2 is 1.72 bits per heavy atom. The zero-order valence-electron chi connectivity index (χ0n) is 15.3. The van der Waals surface area contributed by atoms with Gasteiger partial charge in [0.25, 0.3) is 0 Å². The third-order valence-corrected chi connectivity index (χ3v) is 6.85. The number of aromatic nitrogens is 1. The standard InChI is InChI=1S/C19H19F2N3O4S/c20-19(21)28-16-3-5-17(6-4-16)29(26,27)24-11-13-9-23(10-14(13)12-24)18(25)8-15-2-1-7-22-15/h1-7,19,22H,8-12H2. The van der Waals surface area contributed by atoms with Crippen LogP contribution in [-0.2, 0) is 21.2 Å². The van der Waals surface area contributed by atoms with Gasteiger partial charge in [-0.25, -0.2) is 8.42 Å². The van der Waals surface area contributed by atoms with E-state index in [0.29, 0.717) is 13.1 Å². The lowest BCUT2D eigenvalue weighted by molar-refractivity contribution is -0.129. The number of benzene rings is 1. The van der Waals surface area contributed by atoms with Gasteiger partial charge in [0.2, 0.25) is 15.9 Å². The van der Waals surface area contributed by atoms with Gasteiger partial charge in [0.05, 0.1) is 11.3 Å². The van der Waals surface area contributed by atoms with Gasteiger partial charge >= 0.3 is 6.61 Å². The molecule has 0 spiro atoms. The maximum atomic E-state index is 12.9. The van der Waals surface area contributed by atoms with Crippen LogP contribution in [0.2, 0.25) is 0 Å². The van der Waals surface area contributed by atoms with Crippen molar-refractivity contribution >= 4 is 15.9 Å². The fourth-order valence-corrected chi connectivity index (χ4v) is 5.02. The first-order chi connectivity index (χ1) is 13.8. The lowest BCUT2D eigenvalue weighted by Crippen LogP contribution is -2.37. The van der Waals surface area contributed by atoms with Crippen molar-refractivity contribution in [1.29, 1.82) is 0 Å². The highest BCUT2D eigenvalue weighted by Gasteiger charge is 2.37. The summed E-state index contributed by atoms with van der Waals surface area (Å²) in [7, 11) is -3.76. The second-order valence-electron chi connectivity index (χ2n) is 6.95. The third kappa shape index (κ3) is 4.03. The second-order valence-corrected chi connectivity index (χ2v) is 8.89. The number of nitrogens with zero attached hydrogens (tertiary/aromatic N) is 2. The first-order valence-electron chi connectivity index (χ1n) is 8.98. The number of nitrogens with one attached hydrogen (secondary N) is 1. The van der Waals surface area contributed by atoms with E-state index in [-0.39, 0.29) is 36.1 Å². The van der Waals surface area contributed by atoms with E-state index in [0.717, 1.165) is 16.8 Å². The van der Waals surface area contributed by atoms with Crippen molar-refractivity contribution in [2.45, 2.75) is 17.9 Å². The number of sulfonamides is 1. The number of halogens is 2. The minimum Gasteiger partial charge on any atom is -0.435 e. The minimum atomic E-state index is -3.76. The molecule has 1 N–H and O–H groups in total. The predicted octanol–water partition coefficient (Wildman–Crippen LogP) is 2.00. The summed E-state index contributed by atoms with van der Waals surface area (Å²) in [4.78, 5) is 17.2. The molecular weight excluding hydrogens is 404 g/mol. The normalized spacial score (nSPS) is 17.3. The Kier molecular flexibility index (Phi) is 5.13. The minimum absolute atomic E-state index is 0.00845. The van der Waals surface area contributed by atoms with E-state index in [2.05, 4.69) is 9.72 Å². The van der Waals surface area contributed by atoms with Crippen LogP contribution >= 0.6 is 0 Å². The van der Waals surface area contributed by atoms with Gasteiger partial charge in [-0.3, -0.25) is 4.79 Å². The largest absolute Gasteiger partial charge is 0.435 e. The van der Waals surface area contributed by atoms with Crippen molar-refractivity contribution in [1.82, 2.24) is 14.2 Å². The molecule has 0 unspecified atom stereocenters. The molecule has 0 bridgehead atoms. The van der Waals surface area contributed by atoms with Gasteiger partial charge in [-0.15, -0.1) is 0 Å². The van der Waals surface area contributed by atoms with Crippen LogP contribution in [-0.4, -0.2) is 61.3 Å². The Bertz CT molecular complexity index is 1020. The second kappa shape index (κ2) is 7.60. The SMILES string of the molecule is O=C(Cc1ccc[nH]1)N1CC2=C(C1)CN(S(=O)(=O)c1ccc(OC(F)F)cc1)C2. The quantitative estimate of drug-likeness (QED) is 0.721. The first kappa shape index (κ1) is 19.6. The lowest BCUT2D eigenvalue weighted by Gasteiger charge is -2.22. The van der Waals surface area contributed by atoms with Crippen molar-refractivity contribution in [2.75, 3.05) is 26.2 Å². The molecule has 1 amide bonds. The van der Waals surface area contributed by atoms with Crippen molar-refractivity contribution in [3.63, 3.8) is 0 Å². The van der Waals surface area contributed by atoms with Gasteiger partial charge in [0.1, 0.15) is 5.75 Å². The van der Waals surface area contributed by atoms with Gasteiger partial charge in [-0.1, -0.05) is 0 Å². The molecule has 2 aliphatic heterocycles. The van der Waals surface area contributed by atoms with Crippen LogP contribution in [0.3, 0.4) is 0 Å². The van der Waals surface area contributed by atoms with Crippen molar-refractivity contribution in [3.05, 3.63) is 59.4 Å². The highest BCUT2D eigenvalue weighted by molar-refractivity contribution is 7.89. The zero-order chi connectivity index (χ0) is 20.6. The molecule has 3 heterocycles. The van der Waals surface area contributed by atoms with E-state index < -0.39 is 16.6 Å². The summed E-state index contributed by atoms with van der Waals surface area (Å²) in [5.74, 6) is -0.108. The monoisotopic (exact) mass is 423 g/mol. The van der Waals surface area contributed by atoms with Crippen LogP contribution in [0.5, 0.6) is 5.75 Å². The molecule has 4 rings (SSSR count). The lowest BCUT2D eigenvalue weighted by atomic mass is 10.2. The fourth-order valence-electron chi connectivity index (χ4n) is 3.59. The Balaban J connectivity index is 1.38. The Labute approximate surface area is 166 Å². The number of amides is 1. The number of carbonyl (C=O) groups is 1. The smallest absolute Gasteiger partial charge is 0.387 e. The summed E-state index contributed by atoms with van der Waals surface area (Å²) in [6, 6.07) is 8.60. The van der Waals surface area contributed by atoms with Gasteiger partial charge < -0.3 is 14.6 Å². The average molecular weight is 423 g/mol. The van der Waals surface area contributed by atoms with Gasteiger partial charge in [-0.05, 0) is 47.5 Å². The first-order valence-corrected chi connectivity index (χ1v) is 10.4. The molecule has 1 aromatic carbocycles. The molecule has 29 heavy (non-hydrogen) atoms. The summed E-state index contributed by atoms with van der Waals surface area (Å²) >= 11 is 0. The number of rotatable bonds is 6. The molecule has 0 atom stereocenters. The summed E-state index contributed by atoms with van der Waals surface area (Å²) < 4.78 is 55.8. The summed E-state index contributed by atoms with van der Waals surface area (Å²) in [5.41, 5.74) is 2.71. The molecular formula is C19H19F2N3O4S. The molecule has 0 aliphatic carbocycles. The van der Waals surface area contributed by atoms with Crippen LogP contribution in [0, 0.1) is 0 Å². The molecule has 0 saturated heterocycles. The highest BCUT2D eigenvalue weighted by Crippen LogP contribution is 2.30. The van der Waals surface area contributed by atoms with Crippen LogP contribution in [0.15, 0.2) is 58.6 Å². The van der Waals surface area contributed by atoms with E-state index in [4.69, 9.17) is 0 Å². The maximum absolute atomic E-state index is 12.9. The summed E-state index contributed by atoms with van der Waals surface area (Å²) in [6.45, 7) is -1.69. The highest BCUT2D eigenvalue weighted by atomic mass is 32.2. The topological polar surface area (TPSA) is 82.7 Å². The summed E-state index contributed by atoms with van der Waals surface area (Å²) in [5, 5.41) is 0. The van der Waals surface area contributed by atoms with E-state index in [1.54, 1.807) is 11.1 Å². The number of H-pyrrole nitrogens is 1. The van der Waals surface area contributed by atoms with Crippen LogP contribution in [0.4, 0.5) is 8.78 Å². The zero-order valence-corrected chi connectivity index (χ0v) is 16.2. The van der Waals surface area contributed by atoms with E-state index in [1.165, 1.54) is 28.6 Å². The van der Waals surface area contributed by atoms with Crippen LogP contribution < -0.4 is 4.74 Å². The molecule has 1 aromatic heterocycles. The summed E-state index contributed by atoms with van der Waals surface area (Å²) in [6.07, 6.45) is 2.04. The number of hydrogen-bond donors (Lipinski definition) is 1. The molecule has 7 nitrogen and oxygen atoms in total. The molecule has 0 saturated carbocycles. The number of aromatic amines is 1. The van der Waals surface area contributed by atoms with Crippen molar-refractivity contribution in [2.24, 2.45) is 0 Å². The molecule has 2 aliphatic rings. The molecule has 2 aromatic rings. The van der Waals surface area contributed by atoms with E-state index >= 15 is 0 Å². The Morgan fingerprint density at radius 1 is 1.07 bits per heavy atom. The molecule has 0 fully saturated rings. The van der Waals surface area contributed by atoms with Crippen LogP contribution in [0.25, 0.3) is 0 Å². The van der Waals surface area contributed by atoms with E-state index in [1.807, 2.05) is 12.1 Å². The van der Waals surface area contributed by atoms with Gasteiger partial charge in [0.15, 0.2) is 0 Å². The van der Waals surface area contributed by atoms with Crippen molar-refractivity contribution in [3.8, 4) is 5.75 Å². The van der Waals surface area contributed by atoms with Crippen molar-refractivity contribution < 1.29 is 26.7 Å². The Morgan fingerprint density at radius 3 is 2.28 bits per heavy atom. The number of ether oxygens (including phenoxy) is 1. The molecule has 154 valence electrons. The van der Waals surface area contributed by atoms with E-state index in [9.17, 15) is 22.0 Å². The molecule has 10 heteroatoms.